The van der Waals surface area contributed by atoms with Crippen molar-refractivity contribution in [3.05, 3.63) is 64.7 Å². The average molecular weight is 337 g/mol. The molecule has 0 saturated carbocycles. The number of benzene rings is 2. The van der Waals surface area contributed by atoms with Gasteiger partial charge in [0.25, 0.3) is 5.91 Å². The predicted octanol–water partition coefficient (Wildman–Crippen LogP) is 4.52. The molecule has 0 unspecified atom stereocenters. The summed E-state index contributed by atoms with van der Waals surface area (Å²) in [5.41, 5.74) is 5.18. The number of amides is 1. The van der Waals surface area contributed by atoms with E-state index in [0.717, 1.165) is 23.3 Å². The second-order valence-corrected chi connectivity index (χ2v) is 7.04. The number of fused-ring (bicyclic) bond motifs is 1. The lowest BCUT2D eigenvalue weighted by Gasteiger charge is -2.22. The molecule has 0 fully saturated rings. The molecule has 3 heteroatoms. The van der Waals surface area contributed by atoms with Crippen molar-refractivity contribution in [2.24, 2.45) is 0 Å². The van der Waals surface area contributed by atoms with E-state index in [9.17, 15) is 4.79 Å². The third kappa shape index (κ3) is 4.41. The van der Waals surface area contributed by atoms with Gasteiger partial charge in [-0.2, -0.15) is 0 Å². The summed E-state index contributed by atoms with van der Waals surface area (Å²) in [6.45, 7) is 5.83. The highest BCUT2D eigenvalue weighted by Crippen LogP contribution is 2.25. The maximum absolute atomic E-state index is 12.5. The van der Waals surface area contributed by atoms with E-state index in [-0.39, 0.29) is 11.9 Å². The fourth-order valence-electron chi connectivity index (χ4n) is 3.38. The zero-order valence-electron chi connectivity index (χ0n) is 15.3. The molecule has 132 valence electrons. The number of nitrogens with one attached hydrogen (secondary N) is 1. The van der Waals surface area contributed by atoms with Crippen LogP contribution in [0.5, 0.6) is 5.75 Å². The molecule has 3 nitrogen and oxygen atoms in total. The zero-order chi connectivity index (χ0) is 17.8. The Bertz CT molecular complexity index is 753. The molecule has 2 atom stereocenters. The number of carbonyl (C=O) groups excluding carboxylic acids is 1. The molecule has 1 aliphatic rings. The Hall–Kier alpha value is -2.29. The third-order valence-corrected chi connectivity index (χ3v) is 4.90. The topological polar surface area (TPSA) is 38.3 Å². The Kier molecular flexibility index (Phi) is 5.42. The van der Waals surface area contributed by atoms with Gasteiger partial charge in [0, 0.05) is 0 Å². The van der Waals surface area contributed by atoms with Crippen LogP contribution < -0.4 is 10.1 Å². The van der Waals surface area contributed by atoms with Gasteiger partial charge in [0.2, 0.25) is 0 Å². The Morgan fingerprint density at radius 3 is 2.56 bits per heavy atom. The van der Waals surface area contributed by atoms with Gasteiger partial charge in [0.05, 0.1) is 6.04 Å². The van der Waals surface area contributed by atoms with Crippen LogP contribution in [-0.2, 0) is 17.6 Å². The van der Waals surface area contributed by atoms with E-state index in [2.05, 4.69) is 23.5 Å². The Labute approximate surface area is 150 Å². The molecule has 1 N–H and O–H groups in total. The lowest BCUT2D eigenvalue weighted by Crippen LogP contribution is -2.37. The van der Waals surface area contributed by atoms with Crippen molar-refractivity contribution < 1.29 is 9.53 Å². The van der Waals surface area contributed by atoms with E-state index in [1.807, 2.05) is 38.1 Å². The van der Waals surface area contributed by atoms with Gasteiger partial charge >= 0.3 is 0 Å². The molecule has 0 radical (unpaired) electrons. The summed E-state index contributed by atoms with van der Waals surface area (Å²) in [5, 5.41) is 3.07. The molecule has 0 saturated heterocycles. The van der Waals surface area contributed by atoms with Crippen LogP contribution in [0.2, 0.25) is 0 Å². The number of aryl methyl sites for hydroxylation is 3. The van der Waals surface area contributed by atoms with Crippen molar-refractivity contribution in [1.29, 1.82) is 0 Å². The molecule has 1 aliphatic carbocycles. The molecule has 25 heavy (non-hydrogen) atoms. The first-order valence-corrected chi connectivity index (χ1v) is 9.18. The number of carbonyl (C=O) groups is 1. The van der Waals surface area contributed by atoms with E-state index in [0.29, 0.717) is 0 Å². The Morgan fingerprint density at radius 1 is 1.04 bits per heavy atom. The monoisotopic (exact) mass is 337 g/mol. The van der Waals surface area contributed by atoms with Crippen LogP contribution in [-0.4, -0.2) is 12.0 Å². The average Bonchev–Trinajstić information content (AvgIpc) is 2.61. The first-order valence-electron chi connectivity index (χ1n) is 9.18. The van der Waals surface area contributed by atoms with Crippen molar-refractivity contribution in [3.63, 3.8) is 0 Å². The predicted molar refractivity (Wildman–Crippen MR) is 101 cm³/mol. The van der Waals surface area contributed by atoms with Gasteiger partial charge in [0.15, 0.2) is 6.10 Å². The second-order valence-electron chi connectivity index (χ2n) is 7.04. The molecule has 3 rings (SSSR count). The lowest BCUT2D eigenvalue weighted by molar-refractivity contribution is -0.127. The van der Waals surface area contributed by atoms with Gasteiger partial charge in [-0.1, -0.05) is 30.3 Å². The first-order chi connectivity index (χ1) is 12.0. The summed E-state index contributed by atoms with van der Waals surface area (Å²) in [4.78, 5) is 12.5. The molecular weight excluding hydrogens is 310 g/mol. The third-order valence-electron chi connectivity index (χ3n) is 4.90. The van der Waals surface area contributed by atoms with Gasteiger partial charge < -0.3 is 10.1 Å². The highest BCUT2D eigenvalue weighted by atomic mass is 16.5. The zero-order valence-corrected chi connectivity index (χ0v) is 15.3. The van der Waals surface area contributed by atoms with Crippen LogP contribution >= 0.6 is 0 Å². The second kappa shape index (κ2) is 7.73. The Balaban J connectivity index is 1.61. The van der Waals surface area contributed by atoms with Crippen LogP contribution in [0.3, 0.4) is 0 Å². The van der Waals surface area contributed by atoms with Crippen LogP contribution in [0.15, 0.2) is 42.5 Å². The first kappa shape index (κ1) is 17.5. The maximum atomic E-state index is 12.5. The SMILES string of the molecule is Cc1cccc(O[C@H](C)C(=O)N[C@H](C)c2ccc3c(c2)CCCC3)c1. The summed E-state index contributed by atoms with van der Waals surface area (Å²) in [5.74, 6) is 0.635. The fraction of sp³-hybridized carbons (Fsp3) is 0.409. The minimum absolute atomic E-state index is 0.0247. The molecule has 2 aromatic rings. The van der Waals surface area contributed by atoms with E-state index in [1.54, 1.807) is 6.92 Å². The number of ether oxygens (including phenoxy) is 1. The fourth-order valence-corrected chi connectivity index (χ4v) is 3.38. The smallest absolute Gasteiger partial charge is 0.261 e. The normalized spacial score (nSPS) is 15.8. The van der Waals surface area contributed by atoms with Gasteiger partial charge in [-0.25, -0.2) is 0 Å². The summed E-state index contributed by atoms with van der Waals surface area (Å²) >= 11 is 0. The summed E-state index contributed by atoms with van der Waals surface area (Å²) in [7, 11) is 0. The summed E-state index contributed by atoms with van der Waals surface area (Å²) in [6.07, 6.45) is 4.35. The molecule has 0 bridgehead atoms. The van der Waals surface area contributed by atoms with Crippen LogP contribution in [0.4, 0.5) is 0 Å². The quantitative estimate of drug-likeness (QED) is 0.871. The standard InChI is InChI=1S/C22H27NO2/c1-15-7-6-10-21(13-15)25-17(3)22(24)23-16(2)19-12-11-18-8-4-5-9-20(18)14-19/h6-7,10-14,16-17H,4-5,8-9H2,1-3H3,(H,23,24)/t16-,17-/m1/s1. The van der Waals surface area contributed by atoms with Crippen molar-refractivity contribution in [3.8, 4) is 5.75 Å². The minimum Gasteiger partial charge on any atom is -0.481 e. The molecule has 0 aromatic heterocycles. The largest absolute Gasteiger partial charge is 0.481 e. The lowest BCUT2D eigenvalue weighted by atomic mass is 9.89. The molecular formula is C22H27NO2. The van der Waals surface area contributed by atoms with E-state index in [1.165, 1.54) is 30.4 Å². The summed E-state index contributed by atoms with van der Waals surface area (Å²) in [6, 6.07) is 14.4. The maximum Gasteiger partial charge on any atom is 0.261 e. The van der Waals surface area contributed by atoms with Gasteiger partial charge in [0.1, 0.15) is 5.75 Å². The molecule has 0 aliphatic heterocycles. The molecule has 2 aromatic carbocycles. The highest BCUT2D eigenvalue weighted by Gasteiger charge is 2.19. The van der Waals surface area contributed by atoms with E-state index >= 15 is 0 Å². The Morgan fingerprint density at radius 2 is 1.80 bits per heavy atom. The molecule has 1 amide bonds. The van der Waals surface area contributed by atoms with Gasteiger partial charge in [-0.3, -0.25) is 4.79 Å². The van der Waals surface area contributed by atoms with Crippen LogP contribution in [0, 0.1) is 6.92 Å². The number of hydrogen-bond acceptors (Lipinski definition) is 2. The van der Waals surface area contributed by atoms with Crippen molar-refractivity contribution in [1.82, 2.24) is 5.32 Å². The van der Waals surface area contributed by atoms with E-state index < -0.39 is 6.10 Å². The molecule has 0 spiro atoms. The van der Waals surface area contributed by atoms with Crippen molar-refractivity contribution in [2.45, 2.75) is 58.6 Å². The van der Waals surface area contributed by atoms with Crippen LogP contribution in [0.25, 0.3) is 0 Å². The number of hydrogen-bond donors (Lipinski definition) is 1. The van der Waals surface area contributed by atoms with Crippen LogP contribution in [0.1, 0.15) is 55.0 Å². The van der Waals surface area contributed by atoms with Gasteiger partial charge in [-0.15, -0.1) is 0 Å². The van der Waals surface area contributed by atoms with Gasteiger partial charge in [-0.05, 0) is 80.8 Å². The highest BCUT2D eigenvalue weighted by molar-refractivity contribution is 5.81. The summed E-state index contributed by atoms with van der Waals surface area (Å²) < 4.78 is 5.77. The molecule has 0 heterocycles. The number of rotatable bonds is 5. The van der Waals surface area contributed by atoms with E-state index in [4.69, 9.17) is 4.74 Å². The van der Waals surface area contributed by atoms with Crippen molar-refractivity contribution >= 4 is 5.91 Å². The minimum atomic E-state index is -0.526. The van der Waals surface area contributed by atoms with Crippen molar-refractivity contribution in [2.75, 3.05) is 0 Å².